The lowest BCUT2D eigenvalue weighted by atomic mass is 10.2. The van der Waals surface area contributed by atoms with Crippen LogP contribution in [0.1, 0.15) is 22.0 Å². The number of primary amides is 1. The highest BCUT2D eigenvalue weighted by Crippen LogP contribution is 2.29. The molecule has 252 valence electrons. The summed E-state index contributed by atoms with van der Waals surface area (Å²) in [6, 6.07) is 21.6. The maximum atomic E-state index is 11.4. The molecule has 0 saturated carbocycles. The molecule has 8 aromatic rings. The lowest BCUT2D eigenvalue weighted by Gasteiger charge is -2.09. The van der Waals surface area contributed by atoms with Gasteiger partial charge in [0.05, 0.1) is 37.4 Å². The highest BCUT2D eigenvalue weighted by Gasteiger charge is 2.12. The van der Waals surface area contributed by atoms with Gasteiger partial charge in [0.1, 0.15) is 36.2 Å². The van der Waals surface area contributed by atoms with E-state index in [0.717, 1.165) is 33.3 Å². The van der Waals surface area contributed by atoms with Crippen LogP contribution in [0.25, 0.3) is 37.9 Å². The highest BCUT2D eigenvalue weighted by atomic mass is 16.5. The minimum absolute atomic E-state index is 0.175. The van der Waals surface area contributed by atoms with Crippen molar-refractivity contribution in [3.05, 3.63) is 126 Å². The van der Waals surface area contributed by atoms with Crippen LogP contribution in [0.3, 0.4) is 0 Å². The number of carbonyl (C=O) groups excluding carboxylic acids is 1. The van der Waals surface area contributed by atoms with Crippen molar-refractivity contribution in [2.75, 3.05) is 14.2 Å². The van der Waals surface area contributed by atoms with E-state index < -0.39 is 5.91 Å². The van der Waals surface area contributed by atoms with E-state index in [1.54, 1.807) is 78.1 Å². The zero-order valence-corrected chi connectivity index (χ0v) is 27.3. The second-order valence-corrected chi connectivity index (χ2v) is 10.9. The molecule has 15 nitrogen and oxygen atoms in total. The maximum Gasteiger partial charge on any atom is 0.250 e. The van der Waals surface area contributed by atoms with Crippen LogP contribution in [-0.4, -0.2) is 59.3 Å². The van der Waals surface area contributed by atoms with Crippen LogP contribution in [0.15, 0.2) is 97.6 Å². The van der Waals surface area contributed by atoms with Crippen molar-refractivity contribution in [3.63, 3.8) is 0 Å². The molecule has 0 bridgehead atoms. The number of carbonyl (C=O) groups is 1. The molecule has 0 radical (unpaired) electrons. The number of fused-ring (bicyclic) bond motifs is 4. The highest BCUT2D eigenvalue weighted by molar-refractivity contribution is 5.92. The Balaban J connectivity index is 0.000000159. The maximum absolute atomic E-state index is 11.4. The van der Waals surface area contributed by atoms with E-state index in [-0.39, 0.29) is 13.2 Å². The normalized spacial score (nSPS) is 10.8. The predicted molar refractivity (Wildman–Crippen MR) is 186 cm³/mol. The van der Waals surface area contributed by atoms with Gasteiger partial charge in [0.2, 0.25) is 11.6 Å². The number of amides is 1. The Bertz CT molecular complexity index is 2590. The largest absolute Gasteiger partial charge is 0.497 e. The van der Waals surface area contributed by atoms with Gasteiger partial charge in [-0.2, -0.15) is 0 Å². The van der Waals surface area contributed by atoms with Crippen LogP contribution in [-0.2, 0) is 13.2 Å². The fraction of sp³-hybridized carbons (Fsp3) is 0.111. The predicted octanol–water partition coefficient (Wildman–Crippen LogP) is 5.38. The first-order chi connectivity index (χ1) is 24.9. The van der Waals surface area contributed by atoms with Gasteiger partial charge in [-0.05, 0) is 54.6 Å². The van der Waals surface area contributed by atoms with Crippen molar-refractivity contribution in [2.45, 2.75) is 13.2 Å². The number of hydrogen-bond donors (Lipinski definition) is 1. The number of methoxy groups -OCH3 is 2. The zero-order chi connectivity index (χ0) is 35.3. The minimum Gasteiger partial charge on any atom is -0.497 e. The molecule has 0 fully saturated rings. The van der Waals surface area contributed by atoms with Crippen LogP contribution in [0.4, 0.5) is 5.69 Å². The Hall–Kier alpha value is -7.34. The third-order valence-corrected chi connectivity index (χ3v) is 7.88. The quantitative estimate of drug-likeness (QED) is 0.194. The van der Waals surface area contributed by atoms with Crippen LogP contribution in [0, 0.1) is 6.57 Å². The third-order valence-electron chi connectivity index (χ3n) is 7.88. The average Bonchev–Trinajstić information content (AvgIpc) is 3.78. The topological polar surface area (TPSA) is 171 Å². The van der Waals surface area contributed by atoms with Crippen LogP contribution in [0.2, 0.25) is 0 Å². The summed E-state index contributed by atoms with van der Waals surface area (Å²) in [5.74, 6) is 3.50. The lowest BCUT2D eigenvalue weighted by Crippen LogP contribution is -2.12. The van der Waals surface area contributed by atoms with Gasteiger partial charge in [-0.15, -0.1) is 20.4 Å². The Labute approximate surface area is 289 Å². The summed E-state index contributed by atoms with van der Waals surface area (Å²) in [6.07, 6.45) is 6.67. The van der Waals surface area contributed by atoms with E-state index in [1.165, 1.54) is 0 Å². The van der Waals surface area contributed by atoms with Gasteiger partial charge in [-0.25, -0.2) is 4.85 Å². The molecule has 1 amide bonds. The summed E-state index contributed by atoms with van der Waals surface area (Å²) in [5.41, 5.74) is 9.07. The number of rotatable bonds is 9. The molecule has 8 rings (SSSR count). The third kappa shape index (κ3) is 6.69. The summed E-state index contributed by atoms with van der Waals surface area (Å²) in [5, 5.41) is 18.2. The van der Waals surface area contributed by atoms with Crippen molar-refractivity contribution in [1.29, 1.82) is 0 Å². The Morgan fingerprint density at radius 3 is 1.75 bits per heavy atom. The number of aromatic nitrogens is 8. The van der Waals surface area contributed by atoms with E-state index >= 15 is 0 Å². The number of hydrogen-bond acceptors (Lipinski definition) is 11. The Morgan fingerprint density at radius 1 is 0.706 bits per heavy atom. The molecular weight excluding hydrogens is 652 g/mol. The van der Waals surface area contributed by atoms with Crippen LogP contribution >= 0.6 is 0 Å². The van der Waals surface area contributed by atoms with Gasteiger partial charge in [0.15, 0.2) is 22.9 Å². The number of pyridine rings is 4. The second-order valence-electron chi connectivity index (χ2n) is 10.9. The van der Waals surface area contributed by atoms with Gasteiger partial charge in [-0.1, -0.05) is 6.07 Å². The molecule has 0 aliphatic heterocycles. The SMILES string of the molecule is COc1ccc2c(OCc3nnc4ccc(C(N)=O)cn34)ccnc2c1.[C-]#[N+]c1ccc2nnc(COc3ccnc4cc(OC)ccc34)n2c1. The fourth-order valence-electron chi connectivity index (χ4n) is 5.27. The van der Waals surface area contributed by atoms with E-state index in [1.807, 2.05) is 42.5 Å². The van der Waals surface area contributed by atoms with Gasteiger partial charge in [0.25, 0.3) is 0 Å². The monoisotopic (exact) mass is 680 g/mol. The molecular formula is C36H28N10O5. The van der Waals surface area contributed by atoms with Crippen molar-refractivity contribution in [1.82, 2.24) is 39.2 Å². The number of benzene rings is 2. The van der Waals surface area contributed by atoms with Gasteiger partial charge in [-0.3, -0.25) is 23.6 Å². The molecule has 0 aliphatic rings. The minimum atomic E-state index is -0.512. The van der Waals surface area contributed by atoms with Crippen LogP contribution in [0.5, 0.6) is 23.0 Å². The van der Waals surface area contributed by atoms with Gasteiger partial charge >= 0.3 is 0 Å². The van der Waals surface area contributed by atoms with Crippen LogP contribution < -0.4 is 24.7 Å². The van der Waals surface area contributed by atoms with Crippen molar-refractivity contribution >= 4 is 44.7 Å². The van der Waals surface area contributed by atoms with E-state index in [4.69, 9.17) is 31.3 Å². The summed E-state index contributed by atoms with van der Waals surface area (Å²) in [7, 11) is 3.23. The second kappa shape index (κ2) is 14.0. The average molecular weight is 681 g/mol. The Morgan fingerprint density at radius 2 is 1.24 bits per heavy atom. The van der Waals surface area contributed by atoms with Crippen molar-refractivity contribution in [2.24, 2.45) is 5.73 Å². The van der Waals surface area contributed by atoms with Crippen molar-refractivity contribution in [3.8, 4) is 23.0 Å². The molecule has 0 atom stereocenters. The summed E-state index contributed by atoms with van der Waals surface area (Å²) < 4.78 is 25.8. The Kier molecular flexibility index (Phi) is 8.86. The standard InChI is InChI=1S/C18H15N5O3.C18H13N5O2/c1-25-12-3-4-13-14(8-12)20-7-6-15(13)26-10-17-22-21-16-5-2-11(18(19)24)9-23(16)17;1-19-12-3-6-17-21-22-18(23(17)10-12)11-25-16-7-8-20-15-9-13(24-2)4-5-14(15)16/h2-9H,10H2,1H3,(H2,19,24);3-10H,11H2,2H3. The van der Waals surface area contributed by atoms with E-state index in [0.29, 0.717) is 45.7 Å². The zero-order valence-electron chi connectivity index (χ0n) is 27.3. The summed E-state index contributed by atoms with van der Waals surface area (Å²) >= 11 is 0. The first-order valence-corrected chi connectivity index (χ1v) is 15.4. The molecule has 0 spiro atoms. The number of nitrogens with two attached hydrogens (primary N) is 1. The van der Waals surface area contributed by atoms with E-state index in [2.05, 4.69) is 35.2 Å². The molecule has 2 aromatic carbocycles. The molecule has 2 N–H and O–H groups in total. The number of nitrogens with zero attached hydrogens (tertiary/aromatic N) is 9. The van der Waals surface area contributed by atoms with Gasteiger partial charge in [0, 0.05) is 47.7 Å². The molecule has 0 aliphatic carbocycles. The van der Waals surface area contributed by atoms with Crippen molar-refractivity contribution < 1.29 is 23.7 Å². The lowest BCUT2D eigenvalue weighted by molar-refractivity contribution is 0.1000. The van der Waals surface area contributed by atoms with E-state index in [9.17, 15) is 4.79 Å². The first kappa shape index (κ1) is 32.2. The summed E-state index contributed by atoms with van der Waals surface area (Å²) in [4.78, 5) is 23.5. The molecule has 15 heteroatoms. The molecule has 51 heavy (non-hydrogen) atoms. The number of ether oxygens (including phenoxy) is 4. The molecule has 6 aromatic heterocycles. The molecule has 6 heterocycles. The van der Waals surface area contributed by atoms with Gasteiger partial charge < -0.3 is 24.7 Å². The fourth-order valence-corrected chi connectivity index (χ4v) is 5.27. The smallest absolute Gasteiger partial charge is 0.250 e. The summed E-state index contributed by atoms with van der Waals surface area (Å²) in [6.45, 7) is 7.53. The molecule has 0 unspecified atom stereocenters. The first-order valence-electron chi connectivity index (χ1n) is 15.4. The molecule has 0 saturated heterocycles.